The number of hydrogen-bond acceptors (Lipinski definition) is 5. The summed E-state index contributed by atoms with van der Waals surface area (Å²) in [6.45, 7) is 5.72. The van der Waals surface area contributed by atoms with E-state index in [4.69, 9.17) is 4.74 Å². The lowest BCUT2D eigenvalue weighted by Gasteiger charge is -2.21. The molecule has 118 valence electrons. The summed E-state index contributed by atoms with van der Waals surface area (Å²) < 4.78 is 4.75. The van der Waals surface area contributed by atoms with Crippen molar-refractivity contribution < 1.29 is 14.3 Å². The zero-order chi connectivity index (χ0) is 16.4. The Balaban J connectivity index is 2.74. The van der Waals surface area contributed by atoms with Crippen molar-refractivity contribution in [2.45, 2.75) is 13.5 Å². The summed E-state index contributed by atoms with van der Waals surface area (Å²) in [5.74, 6) is -0.498. The summed E-state index contributed by atoms with van der Waals surface area (Å²) >= 11 is 0. The second-order valence-electron chi connectivity index (χ2n) is 4.32. The minimum atomic E-state index is -0.498. The van der Waals surface area contributed by atoms with Gasteiger partial charge in [0.2, 0.25) is 0 Å². The molecule has 0 aliphatic rings. The van der Waals surface area contributed by atoms with Crippen molar-refractivity contribution >= 4 is 17.7 Å². The first kappa shape index (κ1) is 17.4. The number of rotatable bonds is 8. The van der Waals surface area contributed by atoms with E-state index in [0.717, 1.165) is 5.56 Å². The van der Waals surface area contributed by atoms with E-state index in [1.54, 1.807) is 37.3 Å². The zero-order valence-corrected chi connectivity index (χ0v) is 12.4. The van der Waals surface area contributed by atoms with Crippen LogP contribution in [0.4, 0.5) is 10.5 Å². The second-order valence-corrected chi connectivity index (χ2v) is 4.32. The largest absolute Gasteiger partial charge is 0.465 e. The molecule has 0 saturated heterocycles. The first-order valence-corrected chi connectivity index (χ1v) is 6.82. The van der Waals surface area contributed by atoms with E-state index in [1.807, 2.05) is 0 Å². The Bertz CT molecular complexity index is 528. The van der Waals surface area contributed by atoms with Crippen LogP contribution in [0.15, 0.2) is 42.1 Å². The Morgan fingerprint density at radius 1 is 1.36 bits per heavy atom. The smallest absolute Gasteiger partial charge is 0.325 e. The van der Waals surface area contributed by atoms with E-state index >= 15 is 0 Å². The topological polar surface area (TPSA) is 88.1 Å². The molecule has 0 heterocycles. The maximum absolute atomic E-state index is 12.1. The Labute approximate surface area is 128 Å². The molecule has 0 radical (unpaired) electrons. The van der Waals surface area contributed by atoms with Crippen LogP contribution in [0.5, 0.6) is 0 Å². The standard InChI is InChI=1S/C15H19N3O4/c1-3-9-18(15(20)16-11-14(19)22-4-2)13-7-5-12(6-8-13)10-17-21/h3,5-8H,1,4,9-11H2,2H3,(H,16,20). The minimum absolute atomic E-state index is 0.0802. The van der Waals surface area contributed by atoms with Gasteiger partial charge in [-0.3, -0.25) is 9.69 Å². The number of anilines is 1. The number of esters is 1. The van der Waals surface area contributed by atoms with Gasteiger partial charge in [-0.25, -0.2) is 4.79 Å². The third-order valence-electron chi connectivity index (χ3n) is 2.74. The number of amides is 2. The van der Waals surface area contributed by atoms with Crippen molar-refractivity contribution in [1.82, 2.24) is 5.32 Å². The van der Waals surface area contributed by atoms with Crippen LogP contribution in [0.2, 0.25) is 0 Å². The first-order valence-electron chi connectivity index (χ1n) is 6.82. The molecule has 1 aromatic carbocycles. The highest BCUT2D eigenvalue weighted by Gasteiger charge is 2.15. The van der Waals surface area contributed by atoms with Gasteiger partial charge in [-0.15, -0.1) is 6.58 Å². The van der Waals surface area contributed by atoms with Gasteiger partial charge < -0.3 is 10.1 Å². The number of benzene rings is 1. The molecule has 1 rings (SSSR count). The molecule has 1 aromatic rings. The predicted octanol–water partition coefficient (Wildman–Crippen LogP) is 2.22. The number of carbonyl (C=O) groups excluding carboxylic acids is 2. The highest BCUT2D eigenvalue weighted by Crippen LogP contribution is 2.16. The maximum Gasteiger partial charge on any atom is 0.325 e. The van der Waals surface area contributed by atoms with Crippen LogP contribution in [-0.4, -0.2) is 31.7 Å². The van der Waals surface area contributed by atoms with E-state index in [2.05, 4.69) is 17.1 Å². The molecule has 2 amide bonds. The fourth-order valence-electron chi connectivity index (χ4n) is 1.75. The Morgan fingerprint density at radius 2 is 2.05 bits per heavy atom. The van der Waals surface area contributed by atoms with Gasteiger partial charge >= 0.3 is 12.0 Å². The second kappa shape index (κ2) is 9.28. The third-order valence-corrected chi connectivity index (χ3v) is 2.74. The lowest BCUT2D eigenvalue weighted by atomic mass is 10.2. The Morgan fingerprint density at radius 3 is 2.59 bits per heavy atom. The van der Waals surface area contributed by atoms with Gasteiger partial charge in [0, 0.05) is 12.2 Å². The van der Waals surface area contributed by atoms with E-state index in [9.17, 15) is 14.5 Å². The lowest BCUT2D eigenvalue weighted by Crippen LogP contribution is -2.42. The van der Waals surface area contributed by atoms with E-state index in [-0.39, 0.29) is 26.2 Å². The van der Waals surface area contributed by atoms with E-state index in [0.29, 0.717) is 5.69 Å². The summed E-state index contributed by atoms with van der Waals surface area (Å²) in [5.41, 5.74) is 1.38. The van der Waals surface area contributed by atoms with Crippen LogP contribution in [-0.2, 0) is 16.1 Å². The maximum atomic E-state index is 12.1. The highest BCUT2D eigenvalue weighted by atomic mass is 16.5. The number of carbonyl (C=O) groups is 2. The SMILES string of the molecule is C=CCN(C(=O)NCC(=O)OCC)c1ccc(CN=O)cc1. The van der Waals surface area contributed by atoms with Gasteiger partial charge in [0.05, 0.1) is 6.61 Å². The van der Waals surface area contributed by atoms with E-state index in [1.165, 1.54) is 4.90 Å². The molecule has 0 fully saturated rings. The third kappa shape index (κ3) is 5.35. The van der Waals surface area contributed by atoms with Crippen molar-refractivity contribution in [3.63, 3.8) is 0 Å². The Kier molecular flexibility index (Phi) is 7.32. The summed E-state index contributed by atoms with van der Waals surface area (Å²) in [4.78, 5) is 35.1. The van der Waals surface area contributed by atoms with Crippen LogP contribution in [0.3, 0.4) is 0 Å². The first-order chi connectivity index (χ1) is 10.6. The van der Waals surface area contributed by atoms with Gasteiger partial charge in [-0.2, -0.15) is 4.91 Å². The Hall–Kier alpha value is -2.70. The molecule has 0 unspecified atom stereocenters. The zero-order valence-electron chi connectivity index (χ0n) is 12.4. The fourth-order valence-corrected chi connectivity index (χ4v) is 1.75. The van der Waals surface area contributed by atoms with Crippen molar-refractivity contribution in [3.05, 3.63) is 47.4 Å². The van der Waals surface area contributed by atoms with Crippen LogP contribution in [0.25, 0.3) is 0 Å². The van der Waals surface area contributed by atoms with Crippen LogP contribution in [0.1, 0.15) is 12.5 Å². The number of urea groups is 1. The molecule has 0 aliphatic heterocycles. The molecular formula is C15H19N3O4. The van der Waals surface area contributed by atoms with E-state index < -0.39 is 12.0 Å². The van der Waals surface area contributed by atoms with Crippen LogP contribution in [0, 0.1) is 4.91 Å². The van der Waals surface area contributed by atoms with Gasteiger partial charge in [-0.1, -0.05) is 23.4 Å². The van der Waals surface area contributed by atoms with Gasteiger partial charge in [0.1, 0.15) is 13.1 Å². The molecule has 0 aliphatic carbocycles. The van der Waals surface area contributed by atoms with Crippen LogP contribution >= 0.6 is 0 Å². The van der Waals surface area contributed by atoms with Crippen molar-refractivity contribution in [2.24, 2.45) is 5.18 Å². The van der Waals surface area contributed by atoms with Crippen LogP contribution < -0.4 is 10.2 Å². The number of nitroso groups, excluding NO2 is 1. The van der Waals surface area contributed by atoms with Gasteiger partial charge in [0.25, 0.3) is 0 Å². The quantitative estimate of drug-likeness (QED) is 0.453. The normalized spacial score (nSPS) is 9.68. The minimum Gasteiger partial charge on any atom is -0.465 e. The molecule has 0 bridgehead atoms. The van der Waals surface area contributed by atoms with Crippen molar-refractivity contribution in [3.8, 4) is 0 Å². The number of ether oxygens (including phenoxy) is 1. The van der Waals surface area contributed by atoms with Gasteiger partial charge in [0.15, 0.2) is 0 Å². The van der Waals surface area contributed by atoms with Crippen molar-refractivity contribution in [1.29, 1.82) is 0 Å². The molecule has 0 aromatic heterocycles. The average molecular weight is 305 g/mol. The molecule has 0 saturated carbocycles. The molecule has 0 spiro atoms. The highest BCUT2D eigenvalue weighted by molar-refractivity contribution is 5.94. The predicted molar refractivity (Wildman–Crippen MR) is 83.5 cm³/mol. The number of nitrogens with one attached hydrogen (secondary N) is 1. The molecule has 1 N–H and O–H groups in total. The molecule has 22 heavy (non-hydrogen) atoms. The monoisotopic (exact) mass is 305 g/mol. The summed E-state index contributed by atoms with van der Waals surface area (Å²) in [7, 11) is 0. The summed E-state index contributed by atoms with van der Waals surface area (Å²) in [5, 5.41) is 5.29. The fraction of sp³-hybridized carbons (Fsp3) is 0.333. The van der Waals surface area contributed by atoms with Crippen molar-refractivity contribution in [2.75, 3.05) is 24.6 Å². The molecule has 0 atom stereocenters. The summed E-state index contributed by atoms with van der Waals surface area (Å²) in [6, 6.07) is 6.40. The lowest BCUT2D eigenvalue weighted by molar-refractivity contribution is -0.141. The number of nitrogens with zero attached hydrogens (tertiary/aromatic N) is 2. The molecular weight excluding hydrogens is 286 g/mol. The summed E-state index contributed by atoms with van der Waals surface area (Å²) in [6.07, 6.45) is 1.57. The number of hydrogen-bond donors (Lipinski definition) is 1. The average Bonchev–Trinajstić information content (AvgIpc) is 2.52. The molecule has 7 heteroatoms. The molecule has 7 nitrogen and oxygen atoms in total. The van der Waals surface area contributed by atoms with Gasteiger partial charge in [-0.05, 0) is 24.6 Å².